The average Bonchev–Trinajstić information content (AvgIpc) is 2.35. The van der Waals surface area contributed by atoms with Crippen LogP contribution in [0.4, 0.5) is 10.1 Å². The van der Waals surface area contributed by atoms with Crippen molar-refractivity contribution in [2.45, 2.75) is 6.04 Å². The number of ether oxygens (including phenoxy) is 1. The lowest BCUT2D eigenvalue weighted by atomic mass is 10.1. The fraction of sp³-hybridized carbons (Fsp3) is 0.250. The third-order valence-corrected chi connectivity index (χ3v) is 1.95. The van der Waals surface area contributed by atoms with Crippen LogP contribution in [0.25, 0.3) is 0 Å². The second-order valence-corrected chi connectivity index (χ2v) is 2.83. The topological polar surface area (TPSA) is 61.3 Å². The molecule has 1 unspecified atom stereocenters. The van der Waals surface area contributed by atoms with E-state index in [4.69, 9.17) is 16.2 Å². The molecule has 0 aliphatic carbocycles. The van der Waals surface area contributed by atoms with Crippen molar-refractivity contribution in [2.75, 3.05) is 12.3 Å². The van der Waals surface area contributed by atoms with Crippen molar-refractivity contribution in [2.24, 2.45) is 5.73 Å². The van der Waals surface area contributed by atoms with E-state index in [1.165, 1.54) is 12.1 Å². The monoisotopic (exact) mass is 168 g/mol. The molecule has 1 aliphatic rings. The van der Waals surface area contributed by atoms with Crippen LogP contribution >= 0.6 is 0 Å². The highest BCUT2D eigenvalue weighted by molar-refractivity contribution is 5.52. The summed E-state index contributed by atoms with van der Waals surface area (Å²) in [5.74, 6) is 0.163. The van der Waals surface area contributed by atoms with E-state index in [1.54, 1.807) is 0 Å². The van der Waals surface area contributed by atoms with E-state index in [2.05, 4.69) is 0 Å². The summed E-state index contributed by atoms with van der Waals surface area (Å²) in [7, 11) is 0. The van der Waals surface area contributed by atoms with Gasteiger partial charge in [0.2, 0.25) is 0 Å². The Morgan fingerprint density at radius 2 is 2.25 bits per heavy atom. The molecule has 0 saturated heterocycles. The summed E-state index contributed by atoms with van der Waals surface area (Å²) in [5.41, 5.74) is 11.8. The van der Waals surface area contributed by atoms with Crippen LogP contribution in [0.2, 0.25) is 0 Å². The van der Waals surface area contributed by atoms with Gasteiger partial charge in [0.25, 0.3) is 0 Å². The first-order valence-corrected chi connectivity index (χ1v) is 3.66. The van der Waals surface area contributed by atoms with Gasteiger partial charge in [-0.05, 0) is 6.07 Å². The van der Waals surface area contributed by atoms with Crippen molar-refractivity contribution >= 4 is 5.69 Å². The minimum atomic E-state index is -0.435. The Kier molecular flexibility index (Phi) is 1.44. The molecule has 0 bridgehead atoms. The zero-order valence-corrected chi connectivity index (χ0v) is 6.38. The van der Waals surface area contributed by atoms with E-state index in [0.717, 1.165) is 0 Å². The second kappa shape index (κ2) is 2.35. The average molecular weight is 168 g/mol. The minimum absolute atomic E-state index is 0.0999. The van der Waals surface area contributed by atoms with Crippen LogP contribution in [0.15, 0.2) is 12.1 Å². The van der Waals surface area contributed by atoms with Crippen LogP contribution in [0.1, 0.15) is 11.6 Å². The van der Waals surface area contributed by atoms with Crippen molar-refractivity contribution in [1.29, 1.82) is 0 Å². The molecule has 12 heavy (non-hydrogen) atoms. The maximum atomic E-state index is 12.9. The predicted octanol–water partition coefficient (Wildman–Crippen LogP) is 0.800. The maximum Gasteiger partial charge on any atom is 0.146 e. The van der Waals surface area contributed by atoms with Gasteiger partial charge in [0.05, 0.1) is 11.7 Å². The molecule has 1 heterocycles. The molecule has 4 N–H and O–H groups in total. The quantitative estimate of drug-likeness (QED) is 0.563. The van der Waals surface area contributed by atoms with Gasteiger partial charge in [-0.25, -0.2) is 4.39 Å². The van der Waals surface area contributed by atoms with E-state index in [1.807, 2.05) is 0 Å². The lowest BCUT2D eigenvalue weighted by Crippen LogP contribution is -2.10. The Balaban J connectivity index is 2.56. The van der Waals surface area contributed by atoms with Crippen molar-refractivity contribution in [3.63, 3.8) is 0 Å². The van der Waals surface area contributed by atoms with Gasteiger partial charge >= 0.3 is 0 Å². The van der Waals surface area contributed by atoms with E-state index in [0.29, 0.717) is 17.9 Å². The minimum Gasteiger partial charge on any atom is -0.491 e. The fourth-order valence-electron chi connectivity index (χ4n) is 1.27. The fourth-order valence-corrected chi connectivity index (χ4v) is 1.27. The summed E-state index contributed by atoms with van der Waals surface area (Å²) in [5, 5.41) is 0. The van der Waals surface area contributed by atoms with E-state index in [9.17, 15) is 4.39 Å². The number of anilines is 1. The molecular formula is C8H9FN2O. The van der Waals surface area contributed by atoms with E-state index >= 15 is 0 Å². The molecular weight excluding hydrogens is 159 g/mol. The number of nitrogen functional groups attached to an aromatic ring is 1. The number of nitrogens with two attached hydrogens (primary N) is 2. The number of fused-ring (bicyclic) bond motifs is 1. The Hall–Kier alpha value is -1.29. The van der Waals surface area contributed by atoms with Crippen molar-refractivity contribution in [1.82, 2.24) is 0 Å². The zero-order valence-electron chi connectivity index (χ0n) is 6.38. The standard InChI is InChI=1S/C8H9FN2O/c9-5-1-4-7(11)3-12-8(4)2-6(5)10/h1-2,7H,3,10-11H2. The van der Waals surface area contributed by atoms with Gasteiger partial charge in [0.15, 0.2) is 0 Å². The lowest BCUT2D eigenvalue weighted by molar-refractivity contribution is 0.333. The molecule has 1 aromatic rings. The molecule has 1 atom stereocenters. The molecule has 2 rings (SSSR count). The molecule has 4 heteroatoms. The Labute approximate surface area is 69.1 Å². The van der Waals surface area contributed by atoms with Crippen LogP contribution in [0.5, 0.6) is 5.75 Å². The highest BCUT2D eigenvalue weighted by atomic mass is 19.1. The number of halogens is 1. The molecule has 0 radical (unpaired) electrons. The highest BCUT2D eigenvalue weighted by Crippen LogP contribution is 2.33. The zero-order chi connectivity index (χ0) is 8.72. The molecule has 0 fully saturated rings. The molecule has 0 spiro atoms. The number of rotatable bonds is 0. The number of hydrogen-bond donors (Lipinski definition) is 2. The van der Waals surface area contributed by atoms with Crippen LogP contribution in [-0.4, -0.2) is 6.61 Å². The molecule has 1 aliphatic heterocycles. The lowest BCUT2D eigenvalue weighted by Gasteiger charge is -2.02. The first-order chi connectivity index (χ1) is 5.68. The SMILES string of the molecule is Nc1cc2c(cc1F)C(N)CO2. The van der Waals surface area contributed by atoms with Gasteiger partial charge in [-0.1, -0.05) is 0 Å². The third kappa shape index (κ3) is 0.921. The summed E-state index contributed by atoms with van der Waals surface area (Å²) in [6.07, 6.45) is 0. The second-order valence-electron chi connectivity index (χ2n) is 2.83. The first kappa shape index (κ1) is 7.36. The van der Waals surface area contributed by atoms with Crippen LogP contribution in [-0.2, 0) is 0 Å². The normalized spacial score (nSPS) is 20.3. The molecule has 0 saturated carbocycles. The smallest absolute Gasteiger partial charge is 0.146 e. The Morgan fingerprint density at radius 1 is 1.50 bits per heavy atom. The van der Waals surface area contributed by atoms with Gasteiger partial charge < -0.3 is 16.2 Å². The summed E-state index contributed by atoms with van der Waals surface area (Å²) in [6.45, 7) is 0.401. The van der Waals surface area contributed by atoms with Gasteiger partial charge in [-0.15, -0.1) is 0 Å². The molecule has 64 valence electrons. The van der Waals surface area contributed by atoms with E-state index in [-0.39, 0.29) is 11.7 Å². The van der Waals surface area contributed by atoms with E-state index < -0.39 is 5.82 Å². The number of benzene rings is 1. The Morgan fingerprint density at radius 3 is 3.00 bits per heavy atom. The molecule has 1 aromatic carbocycles. The molecule has 3 nitrogen and oxygen atoms in total. The van der Waals surface area contributed by atoms with Gasteiger partial charge in [0.1, 0.15) is 18.2 Å². The summed E-state index contributed by atoms with van der Waals surface area (Å²) in [4.78, 5) is 0. The van der Waals surface area contributed by atoms with Crippen molar-refractivity contribution in [3.8, 4) is 5.75 Å². The van der Waals surface area contributed by atoms with Crippen molar-refractivity contribution < 1.29 is 9.13 Å². The molecule has 0 aromatic heterocycles. The van der Waals surface area contributed by atoms with Crippen LogP contribution in [0.3, 0.4) is 0 Å². The molecule has 0 amide bonds. The van der Waals surface area contributed by atoms with Crippen LogP contribution in [0, 0.1) is 5.82 Å². The first-order valence-electron chi connectivity index (χ1n) is 3.66. The van der Waals surface area contributed by atoms with Gasteiger partial charge in [0, 0.05) is 11.6 Å². The number of hydrogen-bond acceptors (Lipinski definition) is 3. The Bertz CT molecular complexity index is 327. The van der Waals surface area contributed by atoms with Crippen molar-refractivity contribution in [3.05, 3.63) is 23.5 Å². The third-order valence-electron chi connectivity index (χ3n) is 1.95. The largest absolute Gasteiger partial charge is 0.491 e. The van der Waals surface area contributed by atoms with Gasteiger partial charge in [-0.2, -0.15) is 0 Å². The summed E-state index contributed by atoms with van der Waals surface area (Å²) in [6, 6.07) is 2.58. The highest BCUT2D eigenvalue weighted by Gasteiger charge is 2.22. The maximum absolute atomic E-state index is 12.9. The predicted molar refractivity (Wildman–Crippen MR) is 43.2 cm³/mol. The van der Waals surface area contributed by atoms with Gasteiger partial charge in [-0.3, -0.25) is 0 Å². The summed E-state index contributed by atoms with van der Waals surface area (Å²) >= 11 is 0. The summed E-state index contributed by atoms with van der Waals surface area (Å²) < 4.78 is 18.1. The van der Waals surface area contributed by atoms with Crippen LogP contribution < -0.4 is 16.2 Å².